The van der Waals surface area contributed by atoms with Crippen molar-refractivity contribution in [1.82, 2.24) is 0 Å². The maximum absolute atomic E-state index is 6.09. The van der Waals surface area contributed by atoms with Crippen LogP contribution in [0.25, 0.3) is 11.1 Å². The van der Waals surface area contributed by atoms with Gasteiger partial charge >= 0.3 is 0 Å². The Morgan fingerprint density at radius 3 is 2.38 bits per heavy atom. The van der Waals surface area contributed by atoms with Crippen LogP contribution in [0.2, 0.25) is 5.02 Å². The minimum atomic E-state index is 0.584. The minimum absolute atomic E-state index is 0.584. The Kier molecular flexibility index (Phi) is 3.28. The average Bonchev–Trinajstić information content (AvgIpc) is 2.33. The molecular formula is C14H11ClO. The highest BCUT2D eigenvalue weighted by Crippen LogP contribution is 2.30. The number of hydrogen-bond acceptors (Lipinski definition) is 1. The zero-order valence-corrected chi connectivity index (χ0v) is 9.45. The first kappa shape index (κ1) is 10.8. The molecule has 2 aromatic carbocycles. The lowest BCUT2D eigenvalue weighted by molar-refractivity contribution is 0.484. The Balaban J connectivity index is 2.38. The first-order chi connectivity index (χ1) is 7.81. The van der Waals surface area contributed by atoms with Gasteiger partial charge in [0.15, 0.2) is 0 Å². The van der Waals surface area contributed by atoms with Crippen molar-refractivity contribution in [3.8, 4) is 16.9 Å². The van der Waals surface area contributed by atoms with Crippen LogP contribution in [-0.2, 0) is 0 Å². The quantitative estimate of drug-likeness (QED) is 0.704. The van der Waals surface area contributed by atoms with Gasteiger partial charge in [0.2, 0.25) is 0 Å². The standard InChI is InChI=1S/C14H11ClO/c1-2-16-14-9-8-12(10-13(14)15)11-6-4-3-5-7-11/h2-10H,1H2. The molecule has 0 amide bonds. The molecule has 0 saturated heterocycles. The van der Waals surface area contributed by atoms with Crippen LogP contribution in [0.15, 0.2) is 61.4 Å². The van der Waals surface area contributed by atoms with E-state index in [1.807, 2.05) is 48.5 Å². The summed E-state index contributed by atoms with van der Waals surface area (Å²) >= 11 is 6.09. The van der Waals surface area contributed by atoms with Gasteiger partial charge in [-0.2, -0.15) is 0 Å². The Labute approximate surface area is 99.9 Å². The van der Waals surface area contributed by atoms with Crippen molar-refractivity contribution in [3.63, 3.8) is 0 Å². The third-order valence-electron chi connectivity index (χ3n) is 2.25. The topological polar surface area (TPSA) is 9.23 Å². The van der Waals surface area contributed by atoms with E-state index in [0.29, 0.717) is 10.8 Å². The molecule has 1 nitrogen and oxygen atoms in total. The van der Waals surface area contributed by atoms with Crippen LogP contribution in [0.4, 0.5) is 0 Å². The van der Waals surface area contributed by atoms with Gasteiger partial charge in [0.1, 0.15) is 5.75 Å². The molecular weight excluding hydrogens is 220 g/mol. The molecule has 0 aromatic heterocycles. The predicted octanol–water partition coefficient (Wildman–Crippen LogP) is 4.53. The van der Waals surface area contributed by atoms with Gasteiger partial charge in [-0.1, -0.05) is 54.6 Å². The molecule has 2 rings (SSSR count). The summed E-state index contributed by atoms with van der Waals surface area (Å²) in [6, 6.07) is 15.8. The Morgan fingerprint density at radius 2 is 1.75 bits per heavy atom. The van der Waals surface area contributed by atoms with Gasteiger partial charge in [-0.25, -0.2) is 0 Å². The first-order valence-corrected chi connectivity index (χ1v) is 5.31. The fraction of sp³-hybridized carbons (Fsp3) is 0. The predicted molar refractivity (Wildman–Crippen MR) is 67.7 cm³/mol. The normalized spacial score (nSPS) is 9.81. The zero-order valence-electron chi connectivity index (χ0n) is 8.69. The minimum Gasteiger partial charge on any atom is -0.464 e. The van der Waals surface area contributed by atoms with Crippen LogP contribution in [0.5, 0.6) is 5.75 Å². The van der Waals surface area contributed by atoms with Gasteiger partial charge in [-0.05, 0) is 23.3 Å². The van der Waals surface area contributed by atoms with E-state index in [9.17, 15) is 0 Å². The smallest absolute Gasteiger partial charge is 0.145 e. The van der Waals surface area contributed by atoms with Crippen molar-refractivity contribution in [2.24, 2.45) is 0 Å². The summed E-state index contributed by atoms with van der Waals surface area (Å²) in [4.78, 5) is 0. The van der Waals surface area contributed by atoms with Crippen LogP contribution in [0.1, 0.15) is 0 Å². The molecule has 0 saturated carbocycles. The van der Waals surface area contributed by atoms with E-state index in [1.165, 1.54) is 6.26 Å². The lowest BCUT2D eigenvalue weighted by Crippen LogP contribution is -1.83. The van der Waals surface area contributed by atoms with Gasteiger partial charge in [0, 0.05) is 0 Å². The Hall–Kier alpha value is -1.73. The van der Waals surface area contributed by atoms with Crippen molar-refractivity contribution < 1.29 is 4.74 Å². The van der Waals surface area contributed by atoms with E-state index >= 15 is 0 Å². The number of halogens is 1. The maximum atomic E-state index is 6.09. The molecule has 0 N–H and O–H groups in total. The molecule has 0 unspecified atom stereocenters. The highest BCUT2D eigenvalue weighted by atomic mass is 35.5. The van der Waals surface area contributed by atoms with Gasteiger partial charge < -0.3 is 4.74 Å². The molecule has 0 heterocycles. The Bertz CT molecular complexity index is 491. The van der Waals surface area contributed by atoms with Crippen molar-refractivity contribution >= 4 is 11.6 Å². The van der Waals surface area contributed by atoms with Crippen molar-refractivity contribution in [1.29, 1.82) is 0 Å². The van der Waals surface area contributed by atoms with E-state index in [4.69, 9.17) is 16.3 Å². The fourth-order valence-corrected chi connectivity index (χ4v) is 1.72. The van der Waals surface area contributed by atoms with Crippen LogP contribution in [-0.4, -0.2) is 0 Å². The second-order valence-electron chi connectivity index (χ2n) is 3.30. The largest absolute Gasteiger partial charge is 0.464 e. The number of rotatable bonds is 3. The van der Waals surface area contributed by atoms with E-state index in [1.54, 1.807) is 0 Å². The van der Waals surface area contributed by atoms with E-state index in [-0.39, 0.29) is 0 Å². The third kappa shape index (κ3) is 2.26. The van der Waals surface area contributed by atoms with Crippen molar-refractivity contribution in [2.75, 3.05) is 0 Å². The van der Waals surface area contributed by atoms with E-state index in [0.717, 1.165) is 11.1 Å². The highest BCUT2D eigenvalue weighted by molar-refractivity contribution is 6.32. The molecule has 0 aliphatic heterocycles. The van der Waals surface area contributed by atoms with Gasteiger partial charge in [-0.15, -0.1) is 0 Å². The zero-order chi connectivity index (χ0) is 11.4. The van der Waals surface area contributed by atoms with Gasteiger partial charge in [-0.3, -0.25) is 0 Å². The van der Waals surface area contributed by atoms with Gasteiger partial charge in [0.05, 0.1) is 11.3 Å². The fourth-order valence-electron chi connectivity index (χ4n) is 1.50. The maximum Gasteiger partial charge on any atom is 0.145 e. The third-order valence-corrected chi connectivity index (χ3v) is 2.54. The average molecular weight is 231 g/mol. The lowest BCUT2D eigenvalue weighted by Gasteiger charge is -2.06. The molecule has 0 radical (unpaired) electrons. The molecule has 0 bridgehead atoms. The summed E-state index contributed by atoms with van der Waals surface area (Å²) in [5.74, 6) is 0.622. The molecule has 0 aliphatic rings. The molecule has 80 valence electrons. The molecule has 0 atom stereocenters. The Morgan fingerprint density at radius 1 is 1.00 bits per heavy atom. The second-order valence-corrected chi connectivity index (χ2v) is 3.70. The molecule has 0 spiro atoms. The van der Waals surface area contributed by atoms with Gasteiger partial charge in [0.25, 0.3) is 0 Å². The molecule has 2 aromatic rings. The van der Waals surface area contributed by atoms with Crippen LogP contribution in [0, 0.1) is 0 Å². The van der Waals surface area contributed by atoms with E-state index < -0.39 is 0 Å². The highest BCUT2D eigenvalue weighted by Gasteiger charge is 2.03. The summed E-state index contributed by atoms with van der Waals surface area (Å²) in [6.07, 6.45) is 1.36. The summed E-state index contributed by atoms with van der Waals surface area (Å²) < 4.78 is 5.16. The molecule has 0 fully saturated rings. The summed E-state index contributed by atoms with van der Waals surface area (Å²) in [6.45, 7) is 3.50. The van der Waals surface area contributed by atoms with Crippen molar-refractivity contribution in [3.05, 3.63) is 66.4 Å². The number of benzene rings is 2. The monoisotopic (exact) mass is 230 g/mol. The number of ether oxygens (including phenoxy) is 1. The summed E-state index contributed by atoms with van der Waals surface area (Å²) in [7, 11) is 0. The SMILES string of the molecule is C=COc1ccc(-c2ccccc2)cc1Cl. The molecule has 0 aliphatic carbocycles. The van der Waals surface area contributed by atoms with Crippen LogP contribution >= 0.6 is 11.6 Å². The van der Waals surface area contributed by atoms with E-state index in [2.05, 4.69) is 6.58 Å². The molecule has 2 heteroatoms. The second kappa shape index (κ2) is 4.86. The van der Waals surface area contributed by atoms with Crippen LogP contribution < -0.4 is 4.74 Å². The summed E-state index contributed by atoms with van der Waals surface area (Å²) in [5.41, 5.74) is 2.21. The molecule has 16 heavy (non-hydrogen) atoms. The number of hydrogen-bond donors (Lipinski definition) is 0. The summed E-state index contributed by atoms with van der Waals surface area (Å²) in [5, 5.41) is 0.584. The first-order valence-electron chi connectivity index (χ1n) is 4.94. The van der Waals surface area contributed by atoms with Crippen molar-refractivity contribution in [2.45, 2.75) is 0 Å². The lowest BCUT2D eigenvalue weighted by atomic mass is 10.1. The van der Waals surface area contributed by atoms with Crippen LogP contribution in [0.3, 0.4) is 0 Å².